The fraction of sp³-hybridized carbons (Fsp3) is 0.167. The van der Waals surface area contributed by atoms with Gasteiger partial charge in [0.2, 0.25) is 0 Å². The van der Waals surface area contributed by atoms with Crippen LogP contribution in [0.25, 0.3) is 11.1 Å². The topological polar surface area (TPSA) is 114 Å². The fourth-order valence-electron chi connectivity index (χ4n) is 4.06. The molecule has 0 atom stereocenters. The molecule has 0 radical (unpaired) electrons. The Labute approximate surface area is 226 Å². The molecule has 0 aliphatic carbocycles. The van der Waals surface area contributed by atoms with Crippen LogP contribution in [0.3, 0.4) is 0 Å². The average molecular weight is 532 g/mol. The van der Waals surface area contributed by atoms with Gasteiger partial charge in [0, 0.05) is 41.3 Å². The minimum absolute atomic E-state index is 0.213. The maximum absolute atomic E-state index is 13.4. The summed E-state index contributed by atoms with van der Waals surface area (Å²) < 4.78 is 31.8. The van der Waals surface area contributed by atoms with Crippen LogP contribution in [0.4, 0.5) is 42.0 Å². The van der Waals surface area contributed by atoms with E-state index in [-0.39, 0.29) is 18.2 Å². The van der Waals surface area contributed by atoms with Crippen LogP contribution in [0.1, 0.15) is 23.6 Å². The number of nitrogen functional groups attached to an aromatic ring is 2. The highest BCUT2D eigenvalue weighted by molar-refractivity contribution is 5.97. The molecule has 39 heavy (non-hydrogen) atoms. The van der Waals surface area contributed by atoms with Crippen molar-refractivity contribution >= 4 is 34.5 Å². The molecule has 0 fully saturated rings. The fourth-order valence-corrected chi connectivity index (χ4v) is 4.06. The summed E-state index contributed by atoms with van der Waals surface area (Å²) in [5, 5.41) is 9.49. The van der Waals surface area contributed by atoms with Crippen LogP contribution in [-0.4, -0.2) is 12.7 Å². The summed E-state index contributed by atoms with van der Waals surface area (Å²) in [6.07, 6.45) is -0.620. The Kier molecular flexibility index (Phi) is 8.50. The average Bonchev–Trinajstić information content (AvgIpc) is 2.91. The molecule has 0 aliphatic heterocycles. The minimum Gasteiger partial charge on any atom is -0.450 e. The van der Waals surface area contributed by atoms with Gasteiger partial charge in [-0.1, -0.05) is 24.3 Å². The van der Waals surface area contributed by atoms with Crippen LogP contribution in [0.5, 0.6) is 0 Å². The second kappa shape index (κ2) is 12.2. The molecular formula is C30H31F2N5O2. The van der Waals surface area contributed by atoms with Gasteiger partial charge in [0.15, 0.2) is 0 Å². The molecule has 0 saturated heterocycles. The Bertz CT molecular complexity index is 1460. The van der Waals surface area contributed by atoms with Crippen LogP contribution in [0.2, 0.25) is 0 Å². The summed E-state index contributed by atoms with van der Waals surface area (Å²) in [6.45, 7) is 4.67. The molecule has 4 aromatic carbocycles. The summed E-state index contributed by atoms with van der Waals surface area (Å²) in [5.41, 5.74) is 19.5. The first-order valence-electron chi connectivity index (χ1n) is 12.5. The Morgan fingerprint density at radius 3 is 1.74 bits per heavy atom. The lowest BCUT2D eigenvalue weighted by atomic mass is 9.96. The molecule has 202 valence electrons. The van der Waals surface area contributed by atoms with Gasteiger partial charge in [-0.3, -0.25) is 5.32 Å². The zero-order chi connectivity index (χ0) is 27.9. The number of hydrogen-bond donors (Lipinski definition) is 5. The SMILES string of the molecule is CCOC(=O)Nc1cc(-c2cc(C)c(N)cc2NCc2ccc(F)cc2)c(NCc2ccc(F)cc2)cc1N. The van der Waals surface area contributed by atoms with Gasteiger partial charge in [0.05, 0.1) is 18.0 Å². The number of ether oxygens (including phenoxy) is 1. The van der Waals surface area contributed by atoms with Gasteiger partial charge < -0.3 is 26.8 Å². The van der Waals surface area contributed by atoms with E-state index in [0.29, 0.717) is 35.8 Å². The first-order valence-corrected chi connectivity index (χ1v) is 12.5. The molecule has 0 heterocycles. The number of nitrogens with one attached hydrogen (secondary N) is 3. The summed E-state index contributed by atoms with van der Waals surface area (Å²) in [5.74, 6) is -0.619. The first kappa shape index (κ1) is 27.3. The van der Waals surface area contributed by atoms with Crippen molar-refractivity contribution in [1.82, 2.24) is 0 Å². The maximum Gasteiger partial charge on any atom is 0.411 e. The van der Waals surface area contributed by atoms with Crippen molar-refractivity contribution in [3.8, 4) is 11.1 Å². The van der Waals surface area contributed by atoms with Crippen LogP contribution >= 0.6 is 0 Å². The summed E-state index contributed by atoms with van der Waals surface area (Å²) in [7, 11) is 0. The zero-order valence-electron chi connectivity index (χ0n) is 21.8. The zero-order valence-corrected chi connectivity index (χ0v) is 21.8. The molecule has 0 bridgehead atoms. The van der Waals surface area contributed by atoms with Crippen LogP contribution in [0.15, 0.2) is 72.8 Å². The van der Waals surface area contributed by atoms with Gasteiger partial charge in [-0.2, -0.15) is 0 Å². The van der Waals surface area contributed by atoms with E-state index < -0.39 is 6.09 Å². The number of carbonyl (C=O) groups excluding carboxylic acids is 1. The number of nitrogens with two attached hydrogens (primary N) is 2. The standard InChI is InChI=1S/C30H31F2N5O2/c1-3-39-30(38)37-29-13-24(28(15-26(29)34)36-17-20-6-10-22(32)11-7-20)23-12-18(2)25(33)14-27(23)35-16-19-4-8-21(31)9-5-19/h4-15,35-36H,3,16-17,33-34H2,1-2H3,(H,37,38). The predicted molar refractivity (Wildman–Crippen MR) is 154 cm³/mol. The van der Waals surface area contributed by atoms with Crippen molar-refractivity contribution in [2.75, 3.05) is 34.0 Å². The summed E-state index contributed by atoms with van der Waals surface area (Å²) >= 11 is 0. The number of carbonyl (C=O) groups is 1. The predicted octanol–water partition coefficient (Wildman–Crippen LogP) is 6.90. The van der Waals surface area contributed by atoms with Crippen molar-refractivity contribution in [1.29, 1.82) is 0 Å². The van der Waals surface area contributed by atoms with E-state index in [0.717, 1.165) is 33.5 Å². The van der Waals surface area contributed by atoms with E-state index >= 15 is 0 Å². The van der Waals surface area contributed by atoms with Crippen LogP contribution in [0, 0.1) is 18.6 Å². The molecule has 9 heteroatoms. The van der Waals surface area contributed by atoms with Crippen LogP contribution < -0.4 is 27.4 Å². The van der Waals surface area contributed by atoms with E-state index in [4.69, 9.17) is 16.2 Å². The van der Waals surface area contributed by atoms with Gasteiger partial charge in [-0.05, 0) is 79.1 Å². The number of hydrogen-bond acceptors (Lipinski definition) is 6. The monoisotopic (exact) mass is 531 g/mol. The molecule has 7 N–H and O–H groups in total. The number of halogens is 2. The van der Waals surface area contributed by atoms with Crippen molar-refractivity contribution in [2.24, 2.45) is 0 Å². The van der Waals surface area contributed by atoms with Crippen LogP contribution in [-0.2, 0) is 17.8 Å². The van der Waals surface area contributed by atoms with Crippen molar-refractivity contribution in [3.05, 3.63) is 101 Å². The highest BCUT2D eigenvalue weighted by Gasteiger charge is 2.17. The number of amides is 1. The van der Waals surface area contributed by atoms with Gasteiger partial charge in [0.1, 0.15) is 11.6 Å². The number of aryl methyl sites for hydroxylation is 1. The van der Waals surface area contributed by atoms with Gasteiger partial charge in [-0.15, -0.1) is 0 Å². The Hall–Kier alpha value is -4.79. The molecule has 0 aliphatic rings. The van der Waals surface area contributed by atoms with E-state index in [1.807, 2.05) is 19.1 Å². The highest BCUT2D eigenvalue weighted by atomic mass is 19.1. The molecule has 4 aromatic rings. The third-order valence-corrected chi connectivity index (χ3v) is 6.19. The molecule has 0 unspecified atom stereocenters. The third-order valence-electron chi connectivity index (χ3n) is 6.19. The largest absolute Gasteiger partial charge is 0.450 e. The smallest absolute Gasteiger partial charge is 0.411 e. The van der Waals surface area contributed by atoms with E-state index in [1.165, 1.54) is 24.3 Å². The lowest BCUT2D eigenvalue weighted by Crippen LogP contribution is -2.15. The molecule has 7 nitrogen and oxygen atoms in total. The second-order valence-corrected chi connectivity index (χ2v) is 9.04. The van der Waals surface area contributed by atoms with Gasteiger partial charge in [0.25, 0.3) is 0 Å². The quantitative estimate of drug-likeness (QED) is 0.150. The van der Waals surface area contributed by atoms with Gasteiger partial charge in [-0.25, -0.2) is 13.6 Å². The highest BCUT2D eigenvalue weighted by Crippen LogP contribution is 2.40. The lowest BCUT2D eigenvalue weighted by molar-refractivity contribution is 0.168. The molecule has 4 rings (SSSR count). The normalized spacial score (nSPS) is 10.7. The molecular weight excluding hydrogens is 500 g/mol. The molecule has 1 amide bonds. The van der Waals surface area contributed by atoms with Gasteiger partial charge >= 0.3 is 6.09 Å². The van der Waals surface area contributed by atoms with E-state index in [1.54, 1.807) is 43.3 Å². The molecule has 0 spiro atoms. The number of benzene rings is 4. The first-order chi connectivity index (χ1) is 18.7. The Morgan fingerprint density at radius 1 is 0.744 bits per heavy atom. The van der Waals surface area contributed by atoms with E-state index in [9.17, 15) is 13.6 Å². The molecule has 0 aromatic heterocycles. The summed E-state index contributed by atoms with van der Waals surface area (Å²) in [4.78, 5) is 12.2. The maximum atomic E-state index is 13.4. The minimum atomic E-state index is -0.620. The second-order valence-electron chi connectivity index (χ2n) is 9.04. The van der Waals surface area contributed by atoms with E-state index in [2.05, 4.69) is 16.0 Å². The number of anilines is 5. The molecule has 0 saturated carbocycles. The van der Waals surface area contributed by atoms with Crippen molar-refractivity contribution in [2.45, 2.75) is 26.9 Å². The Balaban J connectivity index is 1.75. The van der Waals surface area contributed by atoms with Crippen molar-refractivity contribution in [3.63, 3.8) is 0 Å². The lowest BCUT2D eigenvalue weighted by Gasteiger charge is -2.21. The summed E-state index contributed by atoms with van der Waals surface area (Å²) in [6, 6.07) is 19.7. The Morgan fingerprint density at radius 2 is 1.23 bits per heavy atom. The number of rotatable bonds is 9. The third kappa shape index (κ3) is 6.95. The van der Waals surface area contributed by atoms with Crippen molar-refractivity contribution < 1.29 is 18.3 Å².